The number of piperidine rings is 1. The summed E-state index contributed by atoms with van der Waals surface area (Å²) >= 11 is 1.47. The van der Waals surface area contributed by atoms with Crippen LogP contribution in [0.3, 0.4) is 0 Å². The number of hydrogen-bond donors (Lipinski definition) is 1. The molecule has 24 heavy (non-hydrogen) atoms. The summed E-state index contributed by atoms with van der Waals surface area (Å²) < 4.78 is 0. The Kier molecular flexibility index (Phi) is 5.30. The van der Waals surface area contributed by atoms with Gasteiger partial charge in [-0.05, 0) is 48.4 Å². The molecule has 1 fully saturated rings. The van der Waals surface area contributed by atoms with Crippen LogP contribution in [-0.2, 0) is 11.2 Å². The molecule has 126 valence electrons. The van der Waals surface area contributed by atoms with Crippen LogP contribution >= 0.6 is 11.3 Å². The molecule has 3 rings (SSSR count). The van der Waals surface area contributed by atoms with Gasteiger partial charge in [-0.2, -0.15) is 0 Å². The van der Waals surface area contributed by atoms with E-state index in [1.54, 1.807) is 0 Å². The average molecular weight is 342 g/mol. The Morgan fingerprint density at radius 2 is 1.88 bits per heavy atom. The molecule has 1 aromatic carbocycles. The number of hydrogen-bond acceptors (Lipinski definition) is 3. The molecule has 1 saturated heterocycles. The van der Waals surface area contributed by atoms with E-state index in [0.717, 1.165) is 29.8 Å². The molecule has 0 spiro atoms. The highest BCUT2D eigenvalue weighted by Crippen LogP contribution is 2.22. The minimum absolute atomic E-state index is 0.0248. The molecule has 2 amide bonds. The summed E-state index contributed by atoms with van der Waals surface area (Å²) in [4.78, 5) is 27.4. The van der Waals surface area contributed by atoms with Gasteiger partial charge in [0.15, 0.2) is 0 Å². The fourth-order valence-corrected chi connectivity index (χ4v) is 3.66. The van der Waals surface area contributed by atoms with Crippen LogP contribution in [0, 0.1) is 5.92 Å². The smallest absolute Gasteiger partial charge is 0.263 e. The summed E-state index contributed by atoms with van der Waals surface area (Å²) in [5.74, 6) is 0.115. The van der Waals surface area contributed by atoms with Gasteiger partial charge in [-0.15, -0.1) is 11.3 Å². The lowest BCUT2D eigenvalue weighted by Crippen LogP contribution is -2.41. The van der Waals surface area contributed by atoms with Gasteiger partial charge in [-0.25, -0.2) is 0 Å². The number of anilines is 1. The first-order chi connectivity index (χ1) is 11.7. The van der Waals surface area contributed by atoms with Crippen molar-refractivity contribution in [1.29, 1.82) is 0 Å². The Balaban J connectivity index is 1.52. The minimum Gasteiger partial charge on any atom is -0.338 e. The molecule has 2 heterocycles. The molecule has 0 radical (unpaired) electrons. The van der Waals surface area contributed by atoms with Crippen LogP contribution in [0.15, 0.2) is 41.8 Å². The van der Waals surface area contributed by atoms with E-state index >= 15 is 0 Å². The predicted molar refractivity (Wildman–Crippen MR) is 97.4 cm³/mol. The fraction of sp³-hybridized carbons (Fsp3) is 0.368. The van der Waals surface area contributed by atoms with Crippen molar-refractivity contribution in [2.75, 3.05) is 18.4 Å². The number of rotatable bonds is 4. The van der Waals surface area contributed by atoms with E-state index in [4.69, 9.17) is 0 Å². The lowest BCUT2D eigenvalue weighted by Gasteiger charge is -2.31. The Hall–Kier alpha value is -2.14. The minimum atomic E-state index is -0.0248. The van der Waals surface area contributed by atoms with E-state index in [1.807, 2.05) is 46.7 Å². The number of nitrogens with zero attached hydrogens (tertiary/aromatic N) is 1. The normalized spacial score (nSPS) is 15.3. The quantitative estimate of drug-likeness (QED) is 0.919. The number of benzene rings is 1. The zero-order chi connectivity index (χ0) is 16.9. The first-order valence-electron chi connectivity index (χ1n) is 8.40. The van der Waals surface area contributed by atoms with Gasteiger partial charge in [-0.3, -0.25) is 9.59 Å². The highest BCUT2D eigenvalue weighted by Gasteiger charge is 2.28. The Morgan fingerprint density at radius 1 is 1.17 bits per heavy atom. The lowest BCUT2D eigenvalue weighted by atomic mass is 9.95. The van der Waals surface area contributed by atoms with E-state index in [-0.39, 0.29) is 17.7 Å². The Bertz CT molecular complexity index is 687. The molecule has 5 heteroatoms. The molecule has 0 atom stereocenters. The van der Waals surface area contributed by atoms with Gasteiger partial charge >= 0.3 is 0 Å². The van der Waals surface area contributed by atoms with Crippen molar-refractivity contribution in [3.63, 3.8) is 0 Å². The van der Waals surface area contributed by atoms with Crippen molar-refractivity contribution in [2.45, 2.75) is 26.2 Å². The SMILES string of the molecule is CCc1ccc(NC(=O)C2CCN(C(=O)c3cccs3)CC2)cc1. The van der Waals surface area contributed by atoms with Crippen LogP contribution in [-0.4, -0.2) is 29.8 Å². The van der Waals surface area contributed by atoms with Crippen molar-refractivity contribution in [2.24, 2.45) is 5.92 Å². The maximum absolute atomic E-state index is 12.4. The van der Waals surface area contributed by atoms with Gasteiger partial charge < -0.3 is 10.2 Å². The standard InChI is InChI=1S/C19H22N2O2S/c1-2-14-5-7-16(8-6-14)20-18(22)15-9-11-21(12-10-15)19(23)17-4-3-13-24-17/h3-8,13,15H,2,9-12H2,1H3,(H,20,22). The van der Waals surface area contributed by atoms with Crippen LogP contribution in [0.4, 0.5) is 5.69 Å². The summed E-state index contributed by atoms with van der Waals surface area (Å²) in [6.07, 6.45) is 2.43. The molecule has 1 aromatic heterocycles. The molecule has 1 N–H and O–H groups in total. The van der Waals surface area contributed by atoms with Crippen molar-refractivity contribution < 1.29 is 9.59 Å². The first-order valence-corrected chi connectivity index (χ1v) is 9.28. The van der Waals surface area contributed by atoms with Crippen molar-refractivity contribution in [3.8, 4) is 0 Å². The fourth-order valence-electron chi connectivity index (χ4n) is 2.97. The maximum Gasteiger partial charge on any atom is 0.263 e. The molecule has 0 aliphatic carbocycles. The molecule has 0 saturated carbocycles. The van der Waals surface area contributed by atoms with Gasteiger partial charge in [-0.1, -0.05) is 25.1 Å². The summed E-state index contributed by atoms with van der Waals surface area (Å²) in [5, 5.41) is 4.91. The summed E-state index contributed by atoms with van der Waals surface area (Å²) in [7, 11) is 0. The van der Waals surface area contributed by atoms with Crippen molar-refractivity contribution in [1.82, 2.24) is 4.90 Å². The number of carbonyl (C=O) groups excluding carboxylic acids is 2. The molecule has 4 nitrogen and oxygen atoms in total. The highest BCUT2D eigenvalue weighted by molar-refractivity contribution is 7.12. The number of carbonyl (C=O) groups is 2. The summed E-state index contributed by atoms with van der Waals surface area (Å²) in [6.45, 7) is 3.39. The van der Waals surface area contributed by atoms with Gasteiger partial charge in [0.1, 0.15) is 0 Å². The predicted octanol–water partition coefficient (Wildman–Crippen LogP) is 3.80. The van der Waals surface area contributed by atoms with E-state index < -0.39 is 0 Å². The molecule has 1 aliphatic heterocycles. The molecule has 2 aromatic rings. The second kappa shape index (κ2) is 7.62. The van der Waals surface area contributed by atoms with Gasteiger partial charge in [0.05, 0.1) is 4.88 Å². The molecule has 0 bridgehead atoms. The lowest BCUT2D eigenvalue weighted by molar-refractivity contribution is -0.121. The van der Waals surface area contributed by atoms with Crippen LogP contribution in [0.5, 0.6) is 0 Å². The van der Waals surface area contributed by atoms with Crippen LogP contribution in [0.1, 0.15) is 35.0 Å². The third kappa shape index (κ3) is 3.85. The number of amides is 2. The zero-order valence-electron chi connectivity index (χ0n) is 13.8. The Labute approximate surface area is 146 Å². The third-order valence-corrected chi connectivity index (χ3v) is 5.37. The van der Waals surface area contributed by atoms with Gasteiger partial charge in [0.25, 0.3) is 5.91 Å². The highest BCUT2D eigenvalue weighted by atomic mass is 32.1. The van der Waals surface area contributed by atoms with Gasteiger partial charge in [0.2, 0.25) is 5.91 Å². The number of thiophene rings is 1. The van der Waals surface area contributed by atoms with E-state index in [2.05, 4.69) is 12.2 Å². The van der Waals surface area contributed by atoms with Gasteiger partial charge in [0, 0.05) is 24.7 Å². The number of nitrogens with one attached hydrogen (secondary N) is 1. The number of likely N-dealkylation sites (tertiary alicyclic amines) is 1. The second-order valence-electron chi connectivity index (χ2n) is 6.08. The molecular formula is C19H22N2O2S. The van der Waals surface area contributed by atoms with Crippen molar-refractivity contribution >= 4 is 28.8 Å². The van der Waals surface area contributed by atoms with Crippen LogP contribution in [0.25, 0.3) is 0 Å². The molecule has 1 aliphatic rings. The zero-order valence-corrected chi connectivity index (χ0v) is 14.6. The number of aryl methyl sites for hydroxylation is 1. The van der Waals surface area contributed by atoms with E-state index in [9.17, 15) is 9.59 Å². The Morgan fingerprint density at radius 3 is 2.46 bits per heavy atom. The van der Waals surface area contributed by atoms with Crippen molar-refractivity contribution in [3.05, 3.63) is 52.2 Å². The van der Waals surface area contributed by atoms with E-state index in [1.165, 1.54) is 16.9 Å². The van der Waals surface area contributed by atoms with E-state index in [0.29, 0.717) is 13.1 Å². The monoisotopic (exact) mass is 342 g/mol. The molecule has 0 unspecified atom stereocenters. The first kappa shape index (κ1) is 16.7. The third-order valence-electron chi connectivity index (χ3n) is 4.51. The summed E-state index contributed by atoms with van der Waals surface area (Å²) in [6, 6.07) is 11.7. The topological polar surface area (TPSA) is 49.4 Å². The van der Waals surface area contributed by atoms with Crippen LogP contribution < -0.4 is 5.32 Å². The van der Waals surface area contributed by atoms with Crippen LogP contribution in [0.2, 0.25) is 0 Å². The second-order valence-corrected chi connectivity index (χ2v) is 7.03. The maximum atomic E-state index is 12.4. The largest absolute Gasteiger partial charge is 0.338 e. The summed E-state index contributed by atoms with van der Waals surface area (Å²) in [5.41, 5.74) is 2.10. The molecular weight excluding hydrogens is 320 g/mol. The average Bonchev–Trinajstić information content (AvgIpc) is 3.16.